The molecular weight excluding hydrogens is 389 g/mol. The van der Waals surface area contributed by atoms with Crippen LogP contribution in [0.4, 0.5) is 5.69 Å². The van der Waals surface area contributed by atoms with E-state index in [1.165, 1.54) is 10.9 Å². The number of benzene rings is 2. The summed E-state index contributed by atoms with van der Waals surface area (Å²) in [6.07, 6.45) is 0.657. The van der Waals surface area contributed by atoms with Gasteiger partial charge in [-0.1, -0.05) is 35.3 Å². The molecular formula is C19H17Cl2N3O3. The van der Waals surface area contributed by atoms with E-state index in [9.17, 15) is 9.90 Å². The molecule has 1 unspecified atom stereocenters. The predicted molar refractivity (Wildman–Crippen MR) is 106 cm³/mol. The van der Waals surface area contributed by atoms with Gasteiger partial charge in [0.15, 0.2) is 0 Å². The molecule has 3 rings (SSSR count). The molecule has 0 aliphatic rings. The van der Waals surface area contributed by atoms with Gasteiger partial charge in [0.25, 0.3) is 5.56 Å². The Labute approximate surface area is 165 Å². The van der Waals surface area contributed by atoms with Crippen molar-refractivity contribution < 1.29 is 9.84 Å². The number of methoxy groups -OCH3 is 1. The van der Waals surface area contributed by atoms with E-state index in [0.29, 0.717) is 27.7 Å². The van der Waals surface area contributed by atoms with Crippen LogP contribution in [-0.4, -0.2) is 28.5 Å². The molecule has 2 N–H and O–H groups in total. The molecule has 1 atom stereocenters. The monoisotopic (exact) mass is 405 g/mol. The third-order valence-corrected chi connectivity index (χ3v) is 4.59. The van der Waals surface area contributed by atoms with E-state index in [0.717, 1.165) is 0 Å². The van der Waals surface area contributed by atoms with Gasteiger partial charge in [0, 0.05) is 11.6 Å². The zero-order valence-electron chi connectivity index (χ0n) is 14.4. The Kier molecular flexibility index (Phi) is 6.01. The van der Waals surface area contributed by atoms with Crippen LogP contribution in [0, 0.1) is 0 Å². The molecule has 0 spiro atoms. The fourth-order valence-electron chi connectivity index (χ4n) is 2.47. The molecule has 0 bridgehead atoms. The summed E-state index contributed by atoms with van der Waals surface area (Å²) in [5.41, 5.74) is 1.14. The Bertz CT molecular complexity index is 973. The van der Waals surface area contributed by atoms with Crippen molar-refractivity contribution in [2.75, 3.05) is 19.0 Å². The number of anilines is 1. The lowest BCUT2D eigenvalue weighted by Crippen LogP contribution is -2.23. The fourth-order valence-corrected chi connectivity index (χ4v) is 2.79. The number of ether oxygens (including phenoxy) is 1. The van der Waals surface area contributed by atoms with Crippen molar-refractivity contribution >= 4 is 28.9 Å². The van der Waals surface area contributed by atoms with E-state index < -0.39 is 11.7 Å². The number of nitrogens with one attached hydrogen (secondary N) is 1. The molecule has 140 valence electrons. The second-order valence-electron chi connectivity index (χ2n) is 5.74. The molecule has 0 amide bonds. The van der Waals surface area contributed by atoms with Crippen LogP contribution < -0.4 is 15.6 Å². The molecule has 0 aliphatic carbocycles. The Hall–Kier alpha value is -2.54. The molecule has 1 heterocycles. The summed E-state index contributed by atoms with van der Waals surface area (Å²) < 4.78 is 6.28. The van der Waals surface area contributed by atoms with Crippen molar-refractivity contribution in [3.63, 3.8) is 0 Å². The van der Waals surface area contributed by atoms with Crippen LogP contribution in [0.2, 0.25) is 10.0 Å². The maximum atomic E-state index is 12.5. The number of aliphatic hydroxyl groups is 1. The van der Waals surface area contributed by atoms with Gasteiger partial charge in [-0.05, 0) is 42.0 Å². The Morgan fingerprint density at radius 2 is 1.81 bits per heavy atom. The Morgan fingerprint density at radius 3 is 2.44 bits per heavy atom. The van der Waals surface area contributed by atoms with Crippen molar-refractivity contribution in [1.82, 2.24) is 9.78 Å². The molecule has 2 aromatic carbocycles. The highest BCUT2D eigenvalue weighted by atomic mass is 35.5. The second kappa shape index (κ2) is 8.43. The molecule has 0 fully saturated rings. The molecule has 3 aromatic rings. The quantitative estimate of drug-likeness (QED) is 0.653. The first-order chi connectivity index (χ1) is 13.0. The Balaban J connectivity index is 1.74. The van der Waals surface area contributed by atoms with Crippen LogP contribution in [0.5, 0.6) is 5.75 Å². The van der Waals surface area contributed by atoms with Gasteiger partial charge in [0.1, 0.15) is 10.8 Å². The van der Waals surface area contributed by atoms with Gasteiger partial charge in [-0.3, -0.25) is 4.79 Å². The summed E-state index contributed by atoms with van der Waals surface area (Å²) in [7, 11) is 1.58. The molecule has 0 radical (unpaired) electrons. The molecule has 6 nitrogen and oxygen atoms in total. The largest absolute Gasteiger partial charge is 0.497 e. The van der Waals surface area contributed by atoms with Crippen LogP contribution in [0.25, 0.3) is 5.69 Å². The van der Waals surface area contributed by atoms with E-state index in [-0.39, 0.29) is 11.6 Å². The number of hydrogen-bond acceptors (Lipinski definition) is 5. The van der Waals surface area contributed by atoms with Crippen LogP contribution >= 0.6 is 23.2 Å². The number of aliphatic hydroxyl groups excluding tert-OH is 1. The third kappa shape index (κ3) is 4.42. The third-order valence-electron chi connectivity index (χ3n) is 3.98. The van der Waals surface area contributed by atoms with Gasteiger partial charge in [0.05, 0.1) is 30.8 Å². The van der Waals surface area contributed by atoms with E-state index in [2.05, 4.69) is 10.4 Å². The Morgan fingerprint density at radius 1 is 1.15 bits per heavy atom. The SMILES string of the molecule is COc1ccc(C(O)CNc2cnn(-c3ccc(Cl)cc3)c(=O)c2Cl)cc1. The van der Waals surface area contributed by atoms with Crippen molar-refractivity contribution in [2.45, 2.75) is 6.10 Å². The summed E-state index contributed by atoms with van der Waals surface area (Å²) in [5.74, 6) is 0.706. The molecule has 0 aliphatic heterocycles. The lowest BCUT2D eigenvalue weighted by Gasteiger charge is -2.15. The minimum absolute atomic E-state index is 0.0121. The zero-order valence-corrected chi connectivity index (χ0v) is 15.9. The van der Waals surface area contributed by atoms with E-state index in [4.69, 9.17) is 27.9 Å². The highest BCUT2D eigenvalue weighted by Gasteiger charge is 2.13. The van der Waals surface area contributed by atoms with Crippen molar-refractivity contribution in [3.8, 4) is 11.4 Å². The summed E-state index contributed by atoms with van der Waals surface area (Å²) in [4.78, 5) is 12.5. The minimum Gasteiger partial charge on any atom is -0.497 e. The van der Waals surface area contributed by atoms with Crippen molar-refractivity contribution in [1.29, 1.82) is 0 Å². The highest BCUT2D eigenvalue weighted by molar-refractivity contribution is 6.33. The van der Waals surface area contributed by atoms with Gasteiger partial charge in [-0.2, -0.15) is 9.78 Å². The predicted octanol–water partition coefficient (Wildman–Crippen LogP) is 3.69. The maximum absolute atomic E-state index is 12.5. The van der Waals surface area contributed by atoms with E-state index in [1.807, 2.05) is 0 Å². The summed E-state index contributed by atoms with van der Waals surface area (Å²) in [5, 5.41) is 17.9. The van der Waals surface area contributed by atoms with Crippen LogP contribution in [-0.2, 0) is 0 Å². The van der Waals surface area contributed by atoms with Gasteiger partial charge in [0.2, 0.25) is 0 Å². The normalized spacial score (nSPS) is 11.9. The molecule has 8 heteroatoms. The minimum atomic E-state index is -0.786. The number of halogens is 2. The summed E-state index contributed by atoms with van der Waals surface area (Å²) in [6, 6.07) is 13.7. The maximum Gasteiger partial charge on any atom is 0.292 e. The number of nitrogens with zero attached hydrogens (tertiary/aromatic N) is 2. The second-order valence-corrected chi connectivity index (χ2v) is 6.55. The van der Waals surface area contributed by atoms with E-state index >= 15 is 0 Å². The van der Waals surface area contributed by atoms with Crippen LogP contribution in [0.15, 0.2) is 59.5 Å². The number of hydrogen-bond donors (Lipinski definition) is 2. The highest BCUT2D eigenvalue weighted by Crippen LogP contribution is 2.21. The van der Waals surface area contributed by atoms with E-state index in [1.54, 1.807) is 55.6 Å². The summed E-state index contributed by atoms with van der Waals surface area (Å²) in [6.45, 7) is 0.165. The average molecular weight is 406 g/mol. The van der Waals surface area contributed by atoms with Crippen molar-refractivity contribution in [2.24, 2.45) is 0 Å². The average Bonchev–Trinajstić information content (AvgIpc) is 2.70. The molecule has 0 saturated heterocycles. The van der Waals surface area contributed by atoms with Crippen LogP contribution in [0.1, 0.15) is 11.7 Å². The molecule has 27 heavy (non-hydrogen) atoms. The van der Waals surface area contributed by atoms with Gasteiger partial charge >= 0.3 is 0 Å². The first-order valence-electron chi connectivity index (χ1n) is 8.09. The lowest BCUT2D eigenvalue weighted by atomic mass is 10.1. The first-order valence-corrected chi connectivity index (χ1v) is 8.85. The van der Waals surface area contributed by atoms with Gasteiger partial charge < -0.3 is 15.2 Å². The summed E-state index contributed by atoms with van der Waals surface area (Å²) >= 11 is 12.0. The van der Waals surface area contributed by atoms with Crippen LogP contribution in [0.3, 0.4) is 0 Å². The number of rotatable bonds is 6. The smallest absolute Gasteiger partial charge is 0.292 e. The topological polar surface area (TPSA) is 76.4 Å². The van der Waals surface area contributed by atoms with Gasteiger partial charge in [-0.25, -0.2) is 0 Å². The van der Waals surface area contributed by atoms with Crippen molar-refractivity contribution in [3.05, 3.63) is 80.7 Å². The number of aromatic nitrogens is 2. The standard InChI is InChI=1S/C19H17Cl2N3O3/c1-27-15-8-2-12(3-9-15)17(25)11-22-16-10-23-24(19(26)18(16)21)14-6-4-13(20)5-7-14/h2-10,17,22,25H,11H2,1H3. The molecule has 0 saturated carbocycles. The zero-order chi connectivity index (χ0) is 19.4. The lowest BCUT2D eigenvalue weighted by molar-refractivity contribution is 0.191. The molecule has 1 aromatic heterocycles. The first kappa shape index (κ1) is 19.2. The fraction of sp³-hybridized carbons (Fsp3) is 0.158. The van der Waals surface area contributed by atoms with Gasteiger partial charge in [-0.15, -0.1) is 0 Å².